The molecule has 0 saturated heterocycles. The Kier molecular flexibility index (Phi) is 2.92. The molecule has 2 aromatic rings. The highest BCUT2D eigenvalue weighted by Gasteiger charge is 2.12. The van der Waals surface area contributed by atoms with Crippen LogP contribution in [0.5, 0.6) is 0 Å². The normalized spacial score (nSPS) is 10.6. The van der Waals surface area contributed by atoms with E-state index >= 15 is 0 Å². The summed E-state index contributed by atoms with van der Waals surface area (Å²) in [4.78, 5) is 3.84. The molecule has 0 atom stereocenters. The van der Waals surface area contributed by atoms with Crippen LogP contribution < -0.4 is 0 Å². The SMILES string of the molecule is Fc1ccc(-c2noc(SS)n2)c(F)c1. The molecule has 0 bridgehead atoms. The number of hydrogen-bond donors (Lipinski definition) is 1. The van der Waals surface area contributed by atoms with Gasteiger partial charge >= 0.3 is 0 Å². The predicted octanol–water partition coefficient (Wildman–Crippen LogP) is 2.95. The Balaban J connectivity index is 2.44. The van der Waals surface area contributed by atoms with E-state index in [1.807, 2.05) is 0 Å². The van der Waals surface area contributed by atoms with E-state index in [2.05, 4.69) is 21.8 Å². The van der Waals surface area contributed by atoms with Gasteiger partial charge in [0.05, 0.1) is 5.56 Å². The second-order valence-corrected chi connectivity index (χ2v) is 3.68. The highest BCUT2D eigenvalue weighted by Crippen LogP contribution is 2.25. The van der Waals surface area contributed by atoms with E-state index in [4.69, 9.17) is 4.52 Å². The third-order valence-corrected chi connectivity index (χ3v) is 2.45. The minimum atomic E-state index is -0.730. The summed E-state index contributed by atoms with van der Waals surface area (Å²) in [7, 11) is 0.951. The van der Waals surface area contributed by atoms with Crippen LogP contribution in [-0.2, 0) is 0 Å². The maximum atomic E-state index is 13.3. The highest BCUT2D eigenvalue weighted by atomic mass is 33.1. The highest BCUT2D eigenvalue weighted by molar-refractivity contribution is 8.68. The van der Waals surface area contributed by atoms with Crippen LogP contribution in [0.25, 0.3) is 11.4 Å². The van der Waals surface area contributed by atoms with Crippen molar-refractivity contribution in [1.29, 1.82) is 0 Å². The quantitative estimate of drug-likeness (QED) is 0.653. The third kappa shape index (κ3) is 2.13. The molecule has 0 unspecified atom stereocenters. The molecular weight excluding hydrogens is 242 g/mol. The van der Waals surface area contributed by atoms with Crippen LogP contribution in [0.2, 0.25) is 0 Å². The van der Waals surface area contributed by atoms with Gasteiger partial charge in [-0.05, 0) is 12.1 Å². The summed E-state index contributed by atoms with van der Waals surface area (Å²) >= 11 is 3.84. The summed E-state index contributed by atoms with van der Waals surface area (Å²) in [5.41, 5.74) is 0.0915. The molecule has 1 heterocycles. The van der Waals surface area contributed by atoms with Crippen molar-refractivity contribution in [2.24, 2.45) is 0 Å². The third-order valence-electron chi connectivity index (χ3n) is 1.66. The van der Waals surface area contributed by atoms with E-state index in [0.717, 1.165) is 22.9 Å². The van der Waals surface area contributed by atoms with Gasteiger partial charge in [-0.1, -0.05) is 5.16 Å². The monoisotopic (exact) mass is 246 g/mol. The van der Waals surface area contributed by atoms with Gasteiger partial charge in [-0.3, -0.25) is 0 Å². The number of benzene rings is 1. The number of hydrogen-bond acceptors (Lipinski definition) is 5. The van der Waals surface area contributed by atoms with Gasteiger partial charge in [0.2, 0.25) is 5.82 Å². The second-order valence-electron chi connectivity index (χ2n) is 2.60. The lowest BCUT2D eigenvalue weighted by Gasteiger charge is -1.96. The van der Waals surface area contributed by atoms with E-state index in [-0.39, 0.29) is 16.6 Å². The fourth-order valence-corrected chi connectivity index (χ4v) is 1.45. The number of aromatic nitrogens is 2. The van der Waals surface area contributed by atoms with E-state index in [1.165, 1.54) is 6.07 Å². The molecule has 0 aliphatic rings. The van der Waals surface area contributed by atoms with Crippen molar-refractivity contribution in [2.75, 3.05) is 0 Å². The molecule has 15 heavy (non-hydrogen) atoms. The van der Waals surface area contributed by atoms with Gasteiger partial charge < -0.3 is 4.52 Å². The van der Waals surface area contributed by atoms with Crippen LogP contribution in [0.15, 0.2) is 27.9 Å². The molecule has 1 aromatic carbocycles. The molecule has 0 spiro atoms. The second kappa shape index (κ2) is 4.19. The molecular formula is C8H4F2N2OS2. The molecule has 0 aliphatic heterocycles. The lowest BCUT2D eigenvalue weighted by Crippen LogP contribution is -1.87. The molecule has 0 amide bonds. The van der Waals surface area contributed by atoms with Crippen LogP contribution in [-0.4, -0.2) is 10.1 Å². The summed E-state index contributed by atoms with van der Waals surface area (Å²) in [6.45, 7) is 0. The van der Waals surface area contributed by atoms with Crippen molar-refractivity contribution in [3.05, 3.63) is 29.8 Å². The first kappa shape index (κ1) is 10.4. The number of halogens is 2. The van der Waals surface area contributed by atoms with Crippen molar-refractivity contribution < 1.29 is 13.3 Å². The van der Waals surface area contributed by atoms with Gasteiger partial charge in [0.25, 0.3) is 5.22 Å². The van der Waals surface area contributed by atoms with Gasteiger partial charge in [0, 0.05) is 16.9 Å². The molecule has 0 N–H and O–H groups in total. The van der Waals surface area contributed by atoms with Gasteiger partial charge in [-0.2, -0.15) is 4.98 Å². The molecule has 1 aromatic heterocycles. The molecule has 0 radical (unpaired) electrons. The largest absolute Gasteiger partial charge is 0.326 e. The summed E-state index contributed by atoms with van der Waals surface area (Å²) in [6.07, 6.45) is 0. The smallest absolute Gasteiger partial charge is 0.296 e. The summed E-state index contributed by atoms with van der Waals surface area (Å²) in [5.74, 6) is -1.31. The van der Waals surface area contributed by atoms with E-state index in [1.54, 1.807) is 0 Å². The van der Waals surface area contributed by atoms with Gasteiger partial charge in [-0.25, -0.2) is 8.78 Å². The number of rotatable bonds is 2. The summed E-state index contributed by atoms with van der Waals surface area (Å²) in [5, 5.41) is 3.74. The van der Waals surface area contributed by atoms with Crippen LogP contribution >= 0.6 is 22.5 Å². The molecule has 0 aliphatic carbocycles. The van der Waals surface area contributed by atoms with Crippen LogP contribution in [0.1, 0.15) is 0 Å². The fraction of sp³-hybridized carbons (Fsp3) is 0. The summed E-state index contributed by atoms with van der Waals surface area (Å²) in [6, 6.07) is 3.14. The molecule has 0 saturated carbocycles. The van der Waals surface area contributed by atoms with Gasteiger partial charge in [0.1, 0.15) is 11.6 Å². The molecule has 0 fully saturated rings. The van der Waals surface area contributed by atoms with Crippen molar-refractivity contribution in [3.8, 4) is 11.4 Å². The maximum absolute atomic E-state index is 13.3. The van der Waals surface area contributed by atoms with Crippen molar-refractivity contribution in [3.63, 3.8) is 0 Å². The lowest BCUT2D eigenvalue weighted by molar-refractivity contribution is 0.342. The van der Waals surface area contributed by atoms with Crippen molar-refractivity contribution in [2.45, 2.75) is 5.22 Å². The Morgan fingerprint density at radius 1 is 1.33 bits per heavy atom. The molecule has 2 rings (SSSR count). The zero-order valence-electron chi connectivity index (χ0n) is 7.15. The average molecular weight is 246 g/mol. The summed E-state index contributed by atoms with van der Waals surface area (Å²) < 4.78 is 30.6. The Morgan fingerprint density at radius 2 is 2.13 bits per heavy atom. The fourth-order valence-electron chi connectivity index (χ4n) is 1.03. The predicted molar refractivity (Wildman–Crippen MR) is 54.5 cm³/mol. The Hall–Kier alpha value is -1.08. The number of nitrogens with zero attached hydrogens (tertiary/aromatic N) is 2. The van der Waals surface area contributed by atoms with Crippen molar-refractivity contribution in [1.82, 2.24) is 10.1 Å². The van der Waals surface area contributed by atoms with Gasteiger partial charge in [-0.15, -0.1) is 11.7 Å². The topological polar surface area (TPSA) is 38.9 Å². The Bertz CT molecular complexity index is 489. The van der Waals surface area contributed by atoms with E-state index < -0.39 is 11.6 Å². The van der Waals surface area contributed by atoms with Crippen molar-refractivity contribution >= 4 is 22.5 Å². The van der Waals surface area contributed by atoms with Gasteiger partial charge in [0.15, 0.2) is 0 Å². The Labute approximate surface area is 92.7 Å². The minimum Gasteiger partial charge on any atom is -0.326 e. The zero-order valence-corrected chi connectivity index (χ0v) is 8.86. The average Bonchev–Trinajstić information content (AvgIpc) is 2.66. The molecule has 78 valence electrons. The molecule has 7 heteroatoms. The van der Waals surface area contributed by atoms with Crippen LogP contribution in [0, 0.1) is 11.6 Å². The van der Waals surface area contributed by atoms with Crippen LogP contribution in [0.4, 0.5) is 8.78 Å². The first-order valence-corrected chi connectivity index (χ1v) is 5.68. The Morgan fingerprint density at radius 3 is 2.73 bits per heavy atom. The van der Waals surface area contributed by atoms with E-state index in [9.17, 15) is 8.78 Å². The van der Waals surface area contributed by atoms with E-state index in [0.29, 0.717) is 0 Å². The van der Waals surface area contributed by atoms with Crippen LogP contribution in [0.3, 0.4) is 0 Å². The molecule has 3 nitrogen and oxygen atoms in total. The first-order chi connectivity index (χ1) is 7.20. The minimum absolute atomic E-state index is 0.0732. The maximum Gasteiger partial charge on any atom is 0.296 e. The standard InChI is InChI=1S/C8H4F2N2OS2/c9-4-1-2-5(6(10)3-4)7-11-8(15-14)13-12-7/h1-3,14H. The number of thiol groups is 1. The zero-order chi connectivity index (χ0) is 10.8. The first-order valence-electron chi connectivity index (χ1n) is 3.81. The lowest BCUT2D eigenvalue weighted by atomic mass is 10.2.